The largest absolute Gasteiger partial charge is 0.343 e. The first-order chi connectivity index (χ1) is 12.6. The summed E-state index contributed by atoms with van der Waals surface area (Å²) < 4.78 is 0. The highest BCUT2D eigenvalue weighted by molar-refractivity contribution is 7.98. The number of likely N-dealkylation sites (N-methyl/N-ethyl adjacent to an activating group) is 1. The molecule has 2 heterocycles. The van der Waals surface area contributed by atoms with Gasteiger partial charge in [-0.3, -0.25) is 9.59 Å². The number of nitrogens with zero attached hydrogens (tertiary/aromatic N) is 2. The van der Waals surface area contributed by atoms with Crippen LogP contribution in [0, 0.1) is 5.41 Å². The smallest absolute Gasteiger partial charge is 0.230 e. The summed E-state index contributed by atoms with van der Waals surface area (Å²) in [5.41, 5.74) is 1.29. The van der Waals surface area contributed by atoms with Crippen LogP contribution in [0.3, 0.4) is 0 Å². The molecule has 5 heteroatoms. The summed E-state index contributed by atoms with van der Waals surface area (Å²) in [6.07, 6.45) is 5.61. The maximum absolute atomic E-state index is 12.9. The van der Waals surface area contributed by atoms with E-state index in [0.717, 1.165) is 56.8 Å². The van der Waals surface area contributed by atoms with Gasteiger partial charge in [-0.15, -0.1) is 0 Å². The lowest BCUT2D eigenvalue weighted by Gasteiger charge is -2.49. The van der Waals surface area contributed by atoms with Crippen molar-refractivity contribution >= 4 is 23.6 Å². The number of piperidine rings is 2. The van der Waals surface area contributed by atoms with Gasteiger partial charge >= 0.3 is 0 Å². The predicted octanol–water partition coefficient (Wildman–Crippen LogP) is 3.38. The Hall–Kier alpha value is -1.49. The number of hydrogen-bond acceptors (Lipinski definition) is 3. The molecule has 2 fully saturated rings. The summed E-state index contributed by atoms with van der Waals surface area (Å²) >= 11 is 1.73. The molecule has 0 aromatic heterocycles. The number of thioether (sulfide) groups is 1. The van der Waals surface area contributed by atoms with Crippen molar-refractivity contribution < 1.29 is 9.59 Å². The van der Waals surface area contributed by atoms with Crippen LogP contribution in [-0.4, -0.2) is 59.8 Å². The number of carbonyl (C=O) groups is 2. The normalized spacial score (nSPS) is 22.7. The number of amides is 2. The zero-order valence-electron chi connectivity index (χ0n) is 15.9. The van der Waals surface area contributed by atoms with E-state index in [1.165, 1.54) is 0 Å². The van der Waals surface area contributed by atoms with Crippen LogP contribution >= 0.6 is 11.8 Å². The number of benzene rings is 1. The molecule has 0 radical (unpaired) electrons. The monoisotopic (exact) mass is 374 g/mol. The van der Waals surface area contributed by atoms with Crippen molar-refractivity contribution in [2.75, 3.05) is 38.2 Å². The van der Waals surface area contributed by atoms with E-state index < -0.39 is 0 Å². The molecule has 2 saturated heterocycles. The molecular formula is C21H30N2O2S. The minimum Gasteiger partial charge on any atom is -0.343 e. The van der Waals surface area contributed by atoms with E-state index in [4.69, 9.17) is 0 Å². The lowest BCUT2D eigenvalue weighted by Crippen LogP contribution is -2.54. The Bertz CT molecular complexity index is 626. The fraction of sp³-hybridized carbons (Fsp3) is 0.619. The maximum Gasteiger partial charge on any atom is 0.230 e. The zero-order chi connectivity index (χ0) is 18.6. The van der Waals surface area contributed by atoms with Crippen LogP contribution in [0.15, 0.2) is 30.3 Å². The van der Waals surface area contributed by atoms with Crippen LogP contribution in [0.25, 0.3) is 0 Å². The SMILES string of the molecule is CCN1CC2(CCN(C(=O)CCSC)CC2)CC(c2ccccc2)C1=O. The lowest BCUT2D eigenvalue weighted by molar-refractivity contribution is -0.144. The van der Waals surface area contributed by atoms with Crippen LogP contribution in [0.5, 0.6) is 0 Å². The first kappa shape index (κ1) is 19.3. The van der Waals surface area contributed by atoms with Gasteiger partial charge in [-0.05, 0) is 43.4 Å². The van der Waals surface area contributed by atoms with Gasteiger partial charge in [-0.25, -0.2) is 0 Å². The van der Waals surface area contributed by atoms with Crippen LogP contribution in [-0.2, 0) is 9.59 Å². The van der Waals surface area contributed by atoms with Crippen LogP contribution in [0.1, 0.15) is 44.1 Å². The first-order valence-corrected chi connectivity index (χ1v) is 11.1. The second-order valence-electron chi connectivity index (χ2n) is 7.64. The van der Waals surface area contributed by atoms with E-state index in [-0.39, 0.29) is 23.1 Å². The summed E-state index contributed by atoms with van der Waals surface area (Å²) in [6.45, 7) is 5.35. The quantitative estimate of drug-likeness (QED) is 0.793. The standard InChI is InChI=1S/C21H30N2O2S/c1-3-22-16-21(10-12-23(13-11-21)19(24)9-14-26-2)15-18(20(22)25)17-7-5-4-6-8-17/h4-8,18H,3,9-16H2,1-2H3. The molecule has 2 aliphatic rings. The van der Waals surface area contributed by atoms with E-state index in [1.807, 2.05) is 34.3 Å². The number of carbonyl (C=O) groups excluding carboxylic acids is 2. The van der Waals surface area contributed by atoms with Crippen LogP contribution in [0.4, 0.5) is 0 Å². The van der Waals surface area contributed by atoms with Gasteiger partial charge in [0.05, 0.1) is 5.92 Å². The van der Waals surface area contributed by atoms with Gasteiger partial charge in [-0.2, -0.15) is 11.8 Å². The molecule has 1 atom stereocenters. The average Bonchev–Trinajstić information content (AvgIpc) is 2.69. The molecule has 1 aromatic carbocycles. The van der Waals surface area contributed by atoms with Gasteiger partial charge in [0, 0.05) is 38.4 Å². The second kappa shape index (κ2) is 8.47. The van der Waals surface area contributed by atoms with E-state index in [1.54, 1.807) is 11.8 Å². The Morgan fingerprint density at radius 3 is 2.54 bits per heavy atom. The molecule has 1 spiro atoms. The molecule has 0 N–H and O–H groups in total. The maximum atomic E-state index is 12.9. The van der Waals surface area contributed by atoms with Crippen molar-refractivity contribution in [3.8, 4) is 0 Å². The Balaban J connectivity index is 1.72. The molecule has 4 nitrogen and oxygen atoms in total. The molecule has 0 aliphatic carbocycles. The van der Waals surface area contributed by atoms with Gasteiger partial charge < -0.3 is 9.80 Å². The van der Waals surface area contributed by atoms with E-state index >= 15 is 0 Å². The molecule has 1 unspecified atom stereocenters. The second-order valence-corrected chi connectivity index (χ2v) is 8.63. The number of likely N-dealkylation sites (tertiary alicyclic amines) is 2. The Morgan fingerprint density at radius 1 is 1.23 bits per heavy atom. The third-order valence-electron chi connectivity index (χ3n) is 6.05. The highest BCUT2D eigenvalue weighted by atomic mass is 32.2. The summed E-state index contributed by atoms with van der Waals surface area (Å²) in [6, 6.07) is 10.2. The Morgan fingerprint density at radius 2 is 1.92 bits per heavy atom. The van der Waals surface area contributed by atoms with Crippen LogP contribution in [0.2, 0.25) is 0 Å². The van der Waals surface area contributed by atoms with Crippen molar-refractivity contribution in [1.82, 2.24) is 9.80 Å². The Labute approximate surface area is 161 Å². The summed E-state index contributed by atoms with van der Waals surface area (Å²) in [5.74, 6) is 1.41. The molecule has 142 valence electrons. The lowest BCUT2D eigenvalue weighted by atomic mass is 9.67. The summed E-state index contributed by atoms with van der Waals surface area (Å²) in [5, 5.41) is 0. The molecule has 0 bridgehead atoms. The molecule has 0 saturated carbocycles. The molecule has 3 rings (SSSR count). The minimum absolute atomic E-state index is 0.0383. The van der Waals surface area contributed by atoms with E-state index in [0.29, 0.717) is 6.42 Å². The van der Waals surface area contributed by atoms with Gasteiger partial charge in [0.2, 0.25) is 11.8 Å². The Kier molecular flexibility index (Phi) is 6.28. The fourth-order valence-electron chi connectivity index (χ4n) is 4.44. The predicted molar refractivity (Wildman–Crippen MR) is 107 cm³/mol. The van der Waals surface area contributed by atoms with E-state index in [2.05, 4.69) is 19.1 Å². The topological polar surface area (TPSA) is 40.6 Å². The van der Waals surface area contributed by atoms with Crippen molar-refractivity contribution in [2.45, 2.75) is 38.5 Å². The molecule has 2 aliphatic heterocycles. The van der Waals surface area contributed by atoms with Gasteiger partial charge in [0.1, 0.15) is 0 Å². The van der Waals surface area contributed by atoms with Gasteiger partial charge in [0.25, 0.3) is 0 Å². The fourth-order valence-corrected chi connectivity index (χ4v) is 4.82. The van der Waals surface area contributed by atoms with Gasteiger partial charge in [0.15, 0.2) is 0 Å². The van der Waals surface area contributed by atoms with Crippen molar-refractivity contribution in [3.05, 3.63) is 35.9 Å². The summed E-state index contributed by atoms with van der Waals surface area (Å²) in [4.78, 5) is 29.3. The number of hydrogen-bond donors (Lipinski definition) is 0. The van der Waals surface area contributed by atoms with Crippen molar-refractivity contribution in [1.29, 1.82) is 0 Å². The first-order valence-electron chi connectivity index (χ1n) is 9.69. The van der Waals surface area contributed by atoms with Crippen molar-refractivity contribution in [2.24, 2.45) is 5.41 Å². The zero-order valence-corrected chi connectivity index (χ0v) is 16.8. The highest BCUT2D eigenvalue weighted by Crippen LogP contribution is 2.45. The van der Waals surface area contributed by atoms with Crippen LogP contribution < -0.4 is 0 Å². The third kappa shape index (κ3) is 4.08. The molecule has 2 amide bonds. The van der Waals surface area contributed by atoms with Gasteiger partial charge in [-0.1, -0.05) is 30.3 Å². The van der Waals surface area contributed by atoms with E-state index in [9.17, 15) is 9.59 Å². The summed E-state index contributed by atoms with van der Waals surface area (Å²) in [7, 11) is 0. The average molecular weight is 375 g/mol. The molecule has 1 aromatic rings. The van der Waals surface area contributed by atoms with Crippen molar-refractivity contribution in [3.63, 3.8) is 0 Å². The molecular weight excluding hydrogens is 344 g/mol. The third-order valence-corrected chi connectivity index (χ3v) is 6.67. The highest BCUT2D eigenvalue weighted by Gasteiger charge is 2.46. The molecule has 26 heavy (non-hydrogen) atoms. The number of rotatable bonds is 5. The minimum atomic E-state index is -0.0383.